The molecule has 4 nitrogen and oxygen atoms in total. The molecule has 1 unspecified atom stereocenters. The zero-order valence-corrected chi connectivity index (χ0v) is 18.4. The van der Waals surface area contributed by atoms with Crippen molar-refractivity contribution in [2.75, 3.05) is 37.5 Å². The second-order valence-corrected chi connectivity index (χ2v) is 8.36. The summed E-state index contributed by atoms with van der Waals surface area (Å²) in [6.07, 6.45) is 6.29. The molecule has 0 radical (unpaired) electrons. The number of piperazine rings is 1. The first kappa shape index (κ1) is 21.9. The van der Waals surface area contributed by atoms with E-state index in [-0.39, 0.29) is 17.5 Å². The highest BCUT2D eigenvalue weighted by Crippen LogP contribution is 2.24. The maximum atomic E-state index is 14.7. The Bertz CT molecular complexity index is 799. The smallest absolute Gasteiger partial charge is 0.256 e. The van der Waals surface area contributed by atoms with Crippen molar-refractivity contribution in [3.8, 4) is 0 Å². The third-order valence-corrected chi connectivity index (χ3v) is 6.45. The lowest BCUT2D eigenvalue weighted by atomic mass is 9.90. The fourth-order valence-electron chi connectivity index (χ4n) is 3.93. The van der Waals surface area contributed by atoms with E-state index < -0.39 is 5.82 Å². The molecule has 156 valence electrons. The van der Waals surface area contributed by atoms with Crippen molar-refractivity contribution in [1.29, 1.82) is 0 Å². The van der Waals surface area contributed by atoms with Crippen molar-refractivity contribution in [3.63, 3.8) is 0 Å². The predicted molar refractivity (Wildman–Crippen MR) is 121 cm³/mol. The van der Waals surface area contributed by atoms with Gasteiger partial charge < -0.3 is 9.71 Å². The van der Waals surface area contributed by atoms with Gasteiger partial charge in [0.25, 0.3) is 5.91 Å². The highest BCUT2D eigenvalue weighted by molar-refractivity contribution is 6.42. The first-order valence-corrected chi connectivity index (χ1v) is 10.9. The van der Waals surface area contributed by atoms with Crippen LogP contribution in [0.3, 0.4) is 0 Å². The number of carbonyl (C=O) groups is 1. The molecular formula is C22H30BClFN3O. The van der Waals surface area contributed by atoms with Gasteiger partial charge in [-0.05, 0) is 51.5 Å². The quantitative estimate of drug-likeness (QED) is 0.534. The van der Waals surface area contributed by atoms with E-state index >= 15 is 0 Å². The number of amides is 1. The molecule has 29 heavy (non-hydrogen) atoms. The van der Waals surface area contributed by atoms with Crippen molar-refractivity contribution in [2.24, 2.45) is 0 Å². The van der Waals surface area contributed by atoms with Crippen LogP contribution in [-0.2, 0) is 0 Å². The molecular weight excluding hydrogens is 388 g/mol. The number of hydrogen-bond donors (Lipinski definition) is 0. The maximum absolute atomic E-state index is 14.7. The zero-order chi connectivity index (χ0) is 21.0. The number of nitrogens with zero attached hydrogens (tertiary/aromatic N) is 3. The number of allylic oxidation sites excluding steroid dienone is 3. The van der Waals surface area contributed by atoms with Gasteiger partial charge >= 0.3 is 0 Å². The zero-order valence-electron chi connectivity index (χ0n) is 17.6. The molecule has 0 N–H and O–H groups in total. The van der Waals surface area contributed by atoms with Crippen LogP contribution in [0.25, 0.3) is 0 Å². The molecule has 1 amide bonds. The SMILES string of the molecule is C/C=C(C)\C=C(\Cl)C(C)N1CCN(C(=O)c2ccc(N3BCCC3)cc2F)CC1. The van der Waals surface area contributed by atoms with Gasteiger partial charge in [-0.3, -0.25) is 9.69 Å². The van der Waals surface area contributed by atoms with Crippen LogP contribution in [0, 0.1) is 5.82 Å². The molecule has 2 aliphatic heterocycles. The molecule has 2 heterocycles. The molecule has 0 aliphatic carbocycles. The van der Waals surface area contributed by atoms with E-state index in [0.717, 1.165) is 56.1 Å². The summed E-state index contributed by atoms with van der Waals surface area (Å²) in [6.45, 7) is 9.63. The Balaban J connectivity index is 1.60. The average molecular weight is 418 g/mol. The Morgan fingerprint density at radius 1 is 1.24 bits per heavy atom. The second-order valence-electron chi connectivity index (χ2n) is 7.92. The normalized spacial score (nSPS) is 20.0. The third-order valence-electron chi connectivity index (χ3n) is 6.02. The van der Waals surface area contributed by atoms with Crippen LogP contribution >= 0.6 is 11.6 Å². The van der Waals surface area contributed by atoms with Crippen LogP contribution in [0.5, 0.6) is 0 Å². The molecule has 2 fully saturated rings. The van der Waals surface area contributed by atoms with Gasteiger partial charge in [-0.1, -0.05) is 29.6 Å². The van der Waals surface area contributed by atoms with E-state index in [0.29, 0.717) is 13.1 Å². The number of anilines is 1. The van der Waals surface area contributed by atoms with E-state index in [1.807, 2.05) is 32.1 Å². The van der Waals surface area contributed by atoms with E-state index in [4.69, 9.17) is 11.6 Å². The van der Waals surface area contributed by atoms with Crippen LogP contribution < -0.4 is 4.81 Å². The number of halogens is 2. The fraction of sp³-hybridized carbons (Fsp3) is 0.500. The van der Waals surface area contributed by atoms with Crippen molar-refractivity contribution >= 4 is 30.6 Å². The lowest BCUT2D eigenvalue weighted by Gasteiger charge is -2.38. The van der Waals surface area contributed by atoms with Gasteiger partial charge in [-0.25, -0.2) is 4.39 Å². The highest BCUT2D eigenvalue weighted by Gasteiger charge is 2.27. The summed E-state index contributed by atoms with van der Waals surface area (Å²) in [4.78, 5) is 19.0. The number of carbonyl (C=O) groups excluding carboxylic acids is 1. The lowest BCUT2D eigenvalue weighted by molar-refractivity contribution is 0.0605. The minimum Gasteiger partial charge on any atom is -0.418 e. The van der Waals surface area contributed by atoms with E-state index in [1.165, 1.54) is 6.07 Å². The summed E-state index contributed by atoms with van der Waals surface area (Å²) in [5.41, 5.74) is 2.16. The molecule has 1 aromatic rings. The lowest BCUT2D eigenvalue weighted by Crippen LogP contribution is -2.51. The van der Waals surface area contributed by atoms with Crippen LogP contribution in [-0.4, -0.2) is 61.9 Å². The summed E-state index contributed by atoms with van der Waals surface area (Å²) in [5, 5.41) is 0.795. The first-order chi connectivity index (χ1) is 13.9. The molecule has 2 saturated heterocycles. The number of hydrogen-bond acceptors (Lipinski definition) is 3. The van der Waals surface area contributed by atoms with Crippen LogP contribution in [0.15, 0.2) is 41.0 Å². The van der Waals surface area contributed by atoms with Gasteiger partial charge in [0, 0.05) is 49.5 Å². The predicted octanol–water partition coefficient (Wildman–Crippen LogP) is 4.04. The summed E-state index contributed by atoms with van der Waals surface area (Å²) in [5.74, 6) is -0.655. The minimum atomic E-state index is -0.428. The second kappa shape index (κ2) is 9.81. The number of rotatable bonds is 5. The summed E-state index contributed by atoms with van der Waals surface area (Å²) >= 11 is 6.47. The molecule has 1 atom stereocenters. The van der Waals surface area contributed by atoms with Gasteiger partial charge in [0.05, 0.1) is 5.56 Å². The molecule has 0 bridgehead atoms. The average Bonchev–Trinajstić information content (AvgIpc) is 3.27. The Morgan fingerprint density at radius 3 is 2.55 bits per heavy atom. The molecule has 0 aromatic heterocycles. The molecule has 3 rings (SSSR count). The standard InChI is InChI=1S/C22H30BClFN3O/c1-4-16(2)14-20(24)17(3)26-10-12-27(13-11-26)22(29)19-7-6-18(15-21(19)25)28-9-5-8-23-28/h4,6-7,14-15,17,23H,5,8-13H2,1-3H3/b16-4-,20-14+. The van der Waals surface area contributed by atoms with Gasteiger partial charge in [-0.2, -0.15) is 0 Å². The van der Waals surface area contributed by atoms with Gasteiger partial charge in [-0.15, -0.1) is 0 Å². The maximum Gasteiger partial charge on any atom is 0.256 e. The fourth-order valence-corrected chi connectivity index (χ4v) is 4.24. The van der Waals surface area contributed by atoms with Crippen LogP contribution in [0.1, 0.15) is 37.6 Å². The molecule has 2 aliphatic rings. The van der Waals surface area contributed by atoms with Gasteiger partial charge in [0.1, 0.15) is 5.82 Å². The Kier molecular flexibility index (Phi) is 7.41. The first-order valence-electron chi connectivity index (χ1n) is 10.5. The molecule has 1 aromatic carbocycles. The Morgan fingerprint density at radius 2 is 1.97 bits per heavy atom. The van der Waals surface area contributed by atoms with Crippen molar-refractivity contribution in [1.82, 2.24) is 9.80 Å². The van der Waals surface area contributed by atoms with Crippen LogP contribution in [0.4, 0.5) is 10.1 Å². The van der Waals surface area contributed by atoms with E-state index in [9.17, 15) is 9.18 Å². The van der Waals surface area contributed by atoms with E-state index in [2.05, 4.69) is 16.6 Å². The highest BCUT2D eigenvalue weighted by atomic mass is 35.5. The molecule has 0 spiro atoms. The summed E-state index contributed by atoms with van der Waals surface area (Å²) in [7, 11) is 0.956. The Hall–Kier alpha value is -1.79. The number of benzene rings is 1. The van der Waals surface area contributed by atoms with Crippen molar-refractivity contribution in [3.05, 3.63) is 52.3 Å². The third kappa shape index (κ3) is 5.23. The minimum absolute atomic E-state index is 0.0975. The largest absolute Gasteiger partial charge is 0.418 e. The van der Waals surface area contributed by atoms with Crippen molar-refractivity contribution < 1.29 is 9.18 Å². The monoisotopic (exact) mass is 417 g/mol. The summed E-state index contributed by atoms with van der Waals surface area (Å²) < 4.78 is 14.7. The molecule has 7 heteroatoms. The van der Waals surface area contributed by atoms with E-state index in [1.54, 1.807) is 11.0 Å². The van der Waals surface area contributed by atoms with Gasteiger partial charge in [0.15, 0.2) is 0 Å². The van der Waals surface area contributed by atoms with Crippen molar-refractivity contribution in [2.45, 2.75) is 39.6 Å². The topological polar surface area (TPSA) is 26.8 Å². The van der Waals surface area contributed by atoms with Gasteiger partial charge in [0.2, 0.25) is 7.41 Å². The van der Waals surface area contributed by atoms with Crippen LogP contribution in [0.2, 0.25) is 6.32 Å². The Labute approximate surface area is 179 Å². The summed E-state index contributed by atoms with van der Waals surface area (Å²) in [6, 6.07) is 5.11. The molecule has 0 saturated carbocycles.